The first kappa shape index (κ1) is 15.9. The minimum Gasteiger partial charge on any atom is -0.449 e. The summed E-state index contributed by atoms with van der Waals surface area (Å²) in [6.45, 7) is -0.927. The van der Waals surface area contributed by atoms with Crippen LogP contribution in [0.5, 0.6) is 11.5 Å². The summed E-state index contributed by atoms with van der Waals surface area (Å²) < 4.78 is 69.1. The van der Waals surface area contributed by atoms with Crippen LogP contribution in [0.15, 0.2) is 23.0 Å². The molecule has 0 atom stereocenters. The number of halogens is 5. The number of aromatic nitrogens is 2. The Morgan fingerprint density at radius 1 is 1.23 bits per heavy atom. The second-order valence-electron chi connectivity index (χ2n) is 4.02. The predicted octanol–water partition coefficient (Wildman–Crippen LogP) is 2.35. The molecule has 1 aromatic carbocycles. The van der Waals surface area contributed by atoms with E-state index < -0.39 is 53.0 Å². The average molecular weight is 322 g/mol. The Kier molecular flexibility index (Phi) is 4.13. The smallest absolute Gasteiger partial charge is 0.437 e. The third-order valence-electron chi connectivity index (χ3n) is 2.46. The van der Waals surface area contributed by atoms with Crippen LogP contribution in [0.25, 0.3) is 0 Å². The highest BCUT2D eigenvalue weighted by Gasteiger charge is 2.39. The second kappa shape index (κ2) is 5.72. The summed E-state index contributed by atoms with van der Waals surface area (Å²) in [5.74, 6) is -4.97. The molecule has 0 fully saturated rings. The van der Waals surface area contributed by atoms with Crippen molar-refractivity contribution in [2.45, 2.75) is 12.8 Å². The molecule has 0 unspecified atom stereocenters. The lowest BCUT2D eigenvalue weighted by atomic mass is 10.3. The maximum atomic E-state index is 13.0. The number of rotatable bonds is 3. The van der Waals surface area contributed by atoms with E-state index >= 15 is 0 Å². The molecule has 0 saturated heterocycles. The molecule has 2 rings (SSSR count). The van der Waals surface area contributed by atoms with E-state index in [1.807, 2.05) is 4.98 Å². The van der Waals surface area contributed by atoms with Gasteiger partial charge in [0.2, 0.25) is 5.75 Å². The average Bonchev–Trinajstić information content (AvgIpc) is 2.43. The van der Waals surface area contributed by atoms with E-state index in [4.69, 9.17) is 5.11 Å². The largest absolute Gasteiger partial charge is 0.449 e. The van der Waals surface area contributed by atoms with Crippen LogP contribution in [0.1, 0.15) is 11.5 Å². The molecule has 118 valence electrons. The summed E-state index contributed by atoms with van der Waals surface area (Å²) in [5, 5.41) is 8.77. The van der Waals surface area contributed by atoms with Crippen LogP contribution >= 0.6 is 0 Å². The minimum atomic E-state index is -5.05. The summed E-state index contributed by atoms with van der Waals surface area (Å²) in [5.41, 5.74) is -3.01. The van der Waals surface area contributed by atoms with E-state index in [0.717, 1.165) is 6.07 Å². The Labute approximate surface area is 119 Å². The fourth-order valence-corrected chi connectivity index (χ4v) is 1.53. The third kappa shape index (κ3) is 3.22. The number of H-pyrrole nitrogens is 1. The lowest BCUT2D eigenvalue weighted by Crippen LogP contribution is -2.22. The Morgan fingerprint density at radius 3 is 2.45 bits per heavy atom. The molecular formula is C12H7F5N2O3. The topological polar surface area (TPSA) is 75.2 Å². The highest BCUT2D eigenvalue weighted by Crippen LogP contribution is 2.34. The summed E-state index contributed by atoms with van der Waals surface area (Å²) in [6, 6.07) is 1.95. The fraction of sp³-hybridized carbons (Fsp3) is 0.167. The number of hydrogen-bond acceptors (Lipinski definition) is 4. The van der Waals surface area contributed by atoms with Gasteiger partial charge in [0.1, 0.15) is 18.2 Å². The van der Waals surface area contributed by atoms with Gasteiger partial charge in [0.25, 0.3) is 5.56 Å². The standard InChI is InChI=1S/C12H7F5N2O3/c13-6-2-1-5(3-7(6)14)22-9-10(12(15,16)17)18-8(4-20)19-11(9)21/h1-3,20H,4H2,(H,18,19,21). The molecule has 0 amide bonds. The molecule has 0 saturated carbocycles. The number of benzene rings is 1. The van der Waals surface area contributed by atoms with Gasteiger partial charge >= 0.3 is 6.18 Å². The van der Waals surface area contributed by atoms with Crippen molar-refractivity contribution in [1.29, 1.82) is 0 Å². The van der Waals surface area contributed by atoms with Crippen molar-refractivity contribution in [1.82, 2.24) is 9.97 Å². The van der Waals surface area contributed by atoms with Crippen LogP contribution in [0.2, 0.25) is 0 Å². The molecule has 1 heterocycles. The number of aliphatic hydroxyl groups excluding tert-OH is 1. The van der Waals surface area contributed by atoms with Crippen molar-refractivity contribution in [3.05, 3.63) is 51.7 Å². The summed E-state index contributed by atoms with van der Waals surface area (Å²) in [7, 11) is 0. The number of alkyl halides is 3. The number of nitrogens with zero attached hydrogens (tertiary/aromatic N) is 1. The highest BCUT2D eigenvalue weighted by molar-refractivity contribution is 5.34. The van der Waals surface area contributed by atoms with Gasteiger partial charge in [-0.15, -0.1) is 0 Å². The molecule has 5 nitrogen and oxygen atoms in total. The van der Waals surface area contributed by atoms with Crippen LogP contribution < -0.4 is 10.3 Å². The van der Waals surface area contributed by atoms with Gasteiger partial charge in [-0.2, -0.15) is 13.2 Å². The third-order valence-corrected chi connectivity index (χ3v) is 2.46. The van der Waals surface area contributed by atoms with E-state index in [-0.39, 0.29) is 0 Å². The van der Waals surface area contributed by atoms with Gasteiger partial charge in [0.15, 0.2) is 17.3 Å². The molecule has 0 aliphatic heterocycles. The van der Waals surface area contributed by atoms with Gasteiger partial charge in [0.05, 0.1) is 0 Å². The minimum absolute atomic E-state index is 0.481. The normalized spacial score (nSPS) is 11.5. The van der Waals surface area contributed by atoms with Crippen LogP contribution in [-0.4, -0.2) is 15.1 Å². The molecule has 0 radical (unpaired) electrons. The first-order valence-electron chi connectivity index (χ1n) is 5.66. The number of ether oxygens (including phenoxy) is 1. The zero-order chi connectivity index (χ0) is 16.5. The number of aromatic amines is 1. The van der Waals surface area contributed by atoms with Crippen molar-refractivity contribution in [3.63, 3.8) is 0 Å². The molecule has 0 bridgehead atoms. The molecule has 10 heteroatoms. The van der Waals surface area contributed by atoms with E-state index in [1.165, 1.54) is 0 Å². The van der Waals surface area contributed by atoms with Crippen molar-refractivity contribution in [2.75, 3.05) is 0 Å². The Hall–Kier alpha value is -2.49. The van der Waals surface area contributed by atoms with E-state index in [9.17, 15) is 26.7 Å². The molecule has 0 aliphatic carbocycles. The van der Waals surface area contributed by atoms with Crippen LogP contribution in [-0.2, 0) is 12.8 Å². The van der Waals surface area contributed by atoms with Crippen LogP contribution in [0.4, 0.5) is 22.0 Å². The zero-order valence-electron chi connectivity index (χ0n) is 10.5. The lowest BCUT2D eigenvalue weighted by molar-refractivity contribution is -0.142. The Morgan fingerprint density at radius 2 is 1.91 bits per heavy atom. The molecule has 2 N–H and O–H groups in total. The van der Waals surface area contributed by atoms with Gasteiger partial charge in [0, 0.05) is 6.07 Å². The lowest BCUT2D eigenvalue weighted by Gasteiger charge is -2.13. The summed E-state index contributed by atoms with van der Waals surface area (Å²) in [4.78, 5) is 16.5. The number of hydrogen-bond donors (Lipinski definition) is 2. The van der Waals surface area contributed by atoms with Crippen molar-refractivity contribution in [3.8, 4) is 11.5 Å². The van der Waals surface area contributed by atoms with Gasteiger partial charge < -0.3 is 14.8 Å². The predicted molar refractivity (Wildman–Crippen MR) is 62.2 cm³/mol. The maximum absolute atomic E-state index is 13.0. The molecule has 0 aliphatic rings. The molecular weight excluding hydrogens is 315 g/mol. The molecule has 1 aromatic heterocycles. The maximum Gasteiger partial charge on any atom is 0.437 e. The number of nitrogens with one attached hydrogen (secondary N) is 1. The van der Waals surface area contributed by atoms with Gasteiger partial charge in [-0.25, -0.2) is 13.8 Å². The van der Waals surface area contributed by atoms with Crippen LogP contribution in [0, 0.1) is 11.6 Å². The quantitative estimate of drug-likeness (QED) is 0.851. The first-order chi connectivity index (χ1) is 10.2. The van der Waals surface area contributed by atoms with Crippen molar-refractivity contribution >= 4 is 0 Å². The Balaban J connectivity index is 2.54. The first-order valence-corrected chi connectivity index (χ1v) is 5.66. The zero-order valence-corrected chi connectivity index (χ0v) is 10.5. The molecule has 0 spiro atoms. The van der Waals surface area contributed by atoms with Crippen LogP contribution in [0.3, 0.4) is 0 Å². The second-order valence-corrected chi connectivity index (χ2v) is 4.02. The fourth-order valence-electron chi connectivity index (χ4n) is 1.53. The molecule has 2 aromatic rings. The monoisotopic (exact) mass is 322 g/mol. The van der Waals surface area contributed by atoms with Gasteiger partial charge in [-0.05, 0) is 12.1 Å². The van der Waals surface area contributed by atoms with E-state index in [0.29, 0.717) is 12.1 Å². The number of aliphatic hydroxyl groups is 1. The summed E-state index contributed by atoms with van der Waals surface area (Å²) in [6.07, 6.45) is -5.05. The molecule has 22 heavy (non-hydrogen) atoms. The highest BCUT2D eigenvalue weighted by atomic mass is 19.4. The van der Waals surface area contributed by atoms with Gasteiger partial charge in [-0.1, -0.05) is 0 Å². The summed E-state index contributed by atoms with van der Waals surface area (Å²) >= 11 is 0. The van der Waals surface area contributed by atoms with E-state index in [2.05, 4.69) is 9.72 Å². The van der Waals surface area contributed by atoms with Gasteiger partial charge in [-0.3, -0.25) is 4.79 Å². The SMILES string of the molecule is O=c1[nH]c(CO)nc(C(F)(F)F)c1Oc1ccc(F)c(F)c1. The van der Waals surface area contributed by atoms with Crippen molar-refractivity contribution < 1.29 is 31.8 Å². The van der Waals surface area contributed by atoms with E-state index in [1.54, 1.807) is 0 Å². The van der Waals surface area contributed by atoms with Crippen molar-refractivity contribution in [2.24, 2.45) is 0 Å². The Bertz CT molecular complexity index is 757.